The van der Waals surface area contributed by atoms with Crippen LogP contribution in [0.3, 0.4) is 0 Å². The van der Waals surface area contributed by atoms with Crippen LogP contribution >= 0.6 is 11.6 Å². The Labute approximate surface area is 117 Å². The molecular weight excluding hydrogens is 264 g/mol. The van der Waals surface area contributed by atoms with Crippen LogP contribution in [0.5, 0.6) is 0 Å². The number of carbonyl (C=O) groups excluding carboxylic acids is 1. The average Bonchev–Trinajstić information content (AvgIpc) is 2.75. The van der Waals surface area contributed by atoms with E-state index in [1.165, 1.54) is 0 Å². The summed E-state index contributed by atoms with van der Waals surface area (Å²) in [4.78, 5) is 20.4. The molecule has 1 amide bonds. The second kappa shape index (κ2) is 6.52. The molecule has 0 spiro atoms. The van der Waals surface area contributed by atoms with E-state index in [2.05, 4.69) is 15.3 Å². The number of aryl methyl sites for hydroxylation is 1. The van der Waals surface area contributed by atoms with E-state index in [9.17, 15) is 4.79 Å². The number of halogens is 1. The van der Waals surface area contributed by atoms with Gasteiger partial charge in [-0.1, -0.05) is 6.92 Å². The Hall–Kier alpha value is -1.62. The number of imidazole rings is 1. The fourth-order valence-electron chi connectivity index (χ4n) is 1.95. The summed E-state index contributed by atoms with van der Waals surface area (Å²) in [7, 11) is 0. The minimum atomic E-state index is -0.00575. The lowest BCUT2D eigenvalue weighted by Gasteiger charge is -2.08. The van der Waals surface area contributed by atoms with Gasteiger partial charge < -0.3 is 9.88 Å². The highest BCUT2D eigenvalue weighted by Crippen LogP contribution is 2.15. The zero-order chi connectivity index (χ0) is 13.7. The maximum absolute atomic E-state index is 11.9. The smallest absolute Gasteiger partial charge is 0.240 e. The highest BCUT2D eigenvalue weighted by Gasteiger charge is 2.12. The summed E-state index contributed by atoms with van der Waals surface area (Å²) in [6.45, 7) is 2.99. The topological polar surface area (TPSA) is 59.8 Å². The summed E-state index contributed by atoms with van der Waals surface area (Å²) in [6.07, 6.45) is 4.97. The zero-order valence-corrected chi connectivity index (χ0v) is 11.7. The van der Waals surface area contributed by atoms with Gasteiger partial charge in [-0.25, -0.2) is 4.98 Å². The third-order valence-electron chi connectivity index (χ3n) is 2.82. The number of pyridine rings is 1. The van der Waals surface area contributed by atoms with Crippen LogP contribution in [0.15, 0.2) is 18.5 Å². The Morgan fingerprint density at radius 3 is 3.11 bits per heavy atom. The van der Waals surface area contributed by atoms with E-state index in [0.29, 0.717) is 18.8 Å². The van der Waals surface area contributed by atoms with Crippen LogP contribution in [0.1, 0.15) is 19.2 Å². The number of fused-ring (bicyclic) bond motifs is 1. The number of hydrogen-bond donors (Lipinski definition) is 1. The molecule has 19 heavy (non-hydrogen) atoms. The van der Waals surface area contributed by atoms with E-state index in [-0.39, 0.29) is 12.5 Å². The summed E-state index contributed by atoms with van der Waals surface area (Å²) in [6, 6.07) is 1.87. The molecule has 2 aromatic heterocycles. The molecule has 0 unspecified atom stereocenters. The molecule has 0 bridgehead atoms. The van der Waals surface area contributed by atoms with Crippen molar-refractivity contribution in [3.8, 4) is 0 Å². The Morgan fingerprint density at radius 1 is 1.53 bits per heavy atom. The first kappa shape index (κ1) is 13.8. The first-order chi connectivity index (χ1) is 9.26. The molecule has 1 N–H and O–H groups in total. The average molecular weight is 281 g/mol. The van der Waals surface area contributed by atoms with Gasteiger partial charge >= 0.3 is 0 Å². The number of alkyl halides is 1. The second-order valence-electron chi connectivity index (χ2n) is 4.27. The summed E-state index contributed by atoms with van der Waals surface area (Å²) >= 11 is 5.79. The number of carbonyl (C=O) groups is 1. The third-order valence-corrected chi connectivity index (χ3v) is 3.01. The number of aromatic nitrogens is 3. The molecule has 2 heterocycles. The van der Waals surface area contributed by atoms with Crippen LogP contribution in [0.25, 0.3) is 11.0 Å². The summed E-state index contributed by atoms with van der Waals surface area (Å²) in [5, 5.41) is 2.87. The van der Waals surface area contributed by atoms with E-state index in [0.717, 1.165) is 23.3 Å². The van der Waals surface area contributed by atoms with Gasteiger partial charge in [-0.05, 0) is 12.5 Å². The van der Waals surface area contributed by atoms with Gasteiger partial charge in [0.25, 0.3) is 0 Å². The van der Waals surface area contributed by atoms with Crippen molar-refractivity contribution < 1.29 is 4.79 Å². The monoisotopic (exact) mass is 280 g/mol. The van der Waals surface area contributed by atoms with Gasteiger partial charge in [0.15, 0.2) is 0 Å². The molecule has 102 valence electrons. The first-order valence-corrected chi connectivity index (χ1v) is 6.91. The maximum atomic E-state index is 11.9. The van der Waals surface area contributed by atoms with Crippen LogP contribution in [-0.4, -0.2) is 32.9 Å². The van der Waals surface area contributed by atoms with Gasteiger partial charge in [0.05, 0.1) is 11.7 Å². The molecule has 0 saturated heterocycles. The first-order valence-electron chi connectivity index (χ1n) is 6.38. The molecule has 0 aromatic carbocycles. The Morgan fingerprint density at radius 2 is 2.37 bits per heavy atom. The zero-order valence-electron chi connectivity index (χ0n) is 10.9. The number of nitrogens with zero attached hydrogens (tertiary/aromatic N) is 3. The predicted molar refractivity (Wildman–Crippen MR) is 75.3 cm³/mol. The van der Waals surface area contributed by atoms with Crippen molar-refractivity contribution in [3.63, 3.8) is 0 Å². The molecule has 0 radical (unpaired) electrons. The number of amides is 1. The maximum Gasteiger partial charge on any atom is 0.240 e. The summed E-state index contributed by atoms with van der Waals surface area (Å²) in [5.74, 6) is 1.30. The van der Waals surface area contributed by atoms with Crippen molar-refractivity contribution in [2.75, 3.05) is 12.4 Å². The summed E-state index contributed by atoms with van der Waals surface area (Å²) in [5.41, 5.74) is 1.72. The normalized spacial score (nSPS) is 10.8. The largest absolute Gasteiger partial charge is 0.355 e. The minimum Gasteiger partial charge on any atom is -0.355 e. The van der Waals surface area contributed by atoms with Crippen molar-refractivity contribution in [1.29, 1.82) is 0 Å². The van der Waals surface area contributed by atoms with Gasteiger partial charge in [-0.15, -0.1) is 11.6 Å². The van der Waals surface area contributed by atoms with E-state index >= 15 is 0 Å². The van der Waals surface area contributed by atoms with Gasteiger partial charge in [-0.2, -0.15) is 0 Å². The van der Waals surface area contributed by atoms with Gasteiger partial charge in [0.2, 0.25) is 5.91 Å². The van der Waals surface area contributed by atoms with E-state index < -0.39 is 0 Å². The lowest BCUT2D eigenvalue weighted by molar-refractivity contribution is -0.121. The molecule has 0 atom stereocenters. The molecule has 0 aliphatic rings. The Bertz CT molecular complexity index is 567. The van der Waals surface area contributed by atoms with E-state index in [1.54, 1.807) is 12.4 Å². The van der Waals surface area contributed by atoms with Crippen molar-refractivity contribution in [2.45, 2.75) is 26.3 Å². The lowest BCUT2D eigenvalue weighted by atomic mass is 10.4. The molecule has 2 aromatic rings. The van der Waals surface area contributed by atoms with Gasteiger partial charge in [0, 0.05) is 25.0 Å². The Kier molecular flexibility index (Phi) is 4.74. The minimum absolute atomic E-state index is 0.00575. The van der Waals surface area contributed by atoms with Crippen LogP contribution in [0.2, 0.25) is 0 Å². The van der Waals surface area contributed by atoms with Gasteiger partial charge in [0.1, 0.15) is 17.9 Å². The number of nitrogens with one attached hydrogen (secondary N) is 1. The van der Waals surface area contributed by atoms with E-state index in [4.69, 9.17) is 11.6 Å². The highest BCUT2D eigenvalue weighted by molar-refractivity contribution is 6.17. The van der Waals surface area contributed by atoms with Crippen LogP contribution in [-0.2, 0) is 17.8 Å². The van der Waals surface area contributed by atoms with Gasteiger partial charge in [-0.3, -0.25) is 9.78 Å². The second-order valence-corrected chi connectivity index (χ2v) is 4.65. The quantitative estimate of drug-likeness (QED) is 0.820. The predicted octanol–water partition coefficient (Wildman–Crippen LogP) is 1.74. The Balaban J connectivity index is 2.28. The number of rotatable bonds is 6. The molecule has 0 aliphatic carbocycles. The standard InChI is InChI=1S/C13H17ClN4O/c1-2-6-16-13(19)9-18-11-4-7-15-8-10(11)17-12(18)3-5-14/h4,7-8H,2-3,5-6,9H2,1H3,(H,16,19). The molecule has 0 aliphatic heterocycles. The fourth-order valence-corrected chi connectivity index (χ4v) is 2.12. The van der Waals surface area contributed by atoms with Crippen molar-refractivity contribution in [3.05, 3.63) is 24.3 Å². The SMILES string of the molecule is CCCNC(=O)Cn1c(CCCl)nc2cnccc21. The van der Waals surface area contributed by atoms with E-state index in [1.807, 2.05) is 17.6 Å². The van der Waals surface area contributed by atoms with Crippen LogP contribution < -0.4 is 5.32 Å². The van der Waals surface area contributed by atoms with Crippen molar-refractivity contribution in [2.24, 2.45) is 0 Å². The molecule has 2 rings (SSSR count). The fraction of sp³-hybridized carbons (Fsp3) is 0.462. The molecular formula is C13H17ClN4O. The number of hydrogen-bond acceptors (Lipinski definition) is 3. The molecule has 5 nitrogen and oxygen atoms in total. The summed E-state index contributed by atoms with van der Waals surface area (Å²) < 4.78 is 1.91. The van der Waals surface area contributed by atoms with Crippen molar-refractivity contribution >= 4 is 28.5 Å². The molecule has 6 heteroatoms. The van der Waals surface area contributed by atoms with Crippen LogP contribution in [0.4, 0.5) is 0 Å². The molecule has 0 saturated carbocycles. The third kappa shape index (κ3) is 3.23. The van der Waals surface area contributed by atoms with Crippen LogP contribution in [0, 0.1) is 0 Å². The van der Waals surface area contributed by atoms with Crippen molar-refractivity contribution in [1.82, 2.24) is 19.9 Å². The highest BCUT2D eigenvalue weighted by atomic mass is 35.5. The lowest BCUT2D eigenvalue weighted by Crippen LogP contribution is -2.28. The molecule has 0 fully saturated rings.